The van der Waals surface area contributed by atoms with Crippen LogP contribution in [0.2, 0.25) is 0 Å². The van der Waals surface area contributed by atoms with Crippen LogP contribution in [0.3, 0.4) is 0 Å². The molecule has 27 heavy (non-hydrogen) atoms. The van der Waals surface area contributed by atoms with Crippen molar-refractivity contribution in [1.29, 1.82) is 0 Å². The van der Waals surface area contributed by atoms with Crippen molar-refractivity contribution in [3.05, 3.63) is 71.8 Å². The fourth-order valence-electron chi connectivity index (χ4n) is 2.24. The van der Waals surface area contributed by atoms with E-state index in [1.54, 1.807) is 6.08 Å². The first-order valence-electron chi connectivity index (χ1n) is 8.25. The van der Waals surface area contributed by atoms with Gasteiger partial charge < -0.3 is 4.74 Å². The summed E-state index contributed by atoms with van der Waals surface area (Å²) in [6.45, 7) is 1.04. The molecule has 0 aliphatic carbocycles. The third kappa shape index (κ3) is 5.87. The molecular weight excluding hydrogens is 366 g/mol. The lowest BCUT2D eigenvalue weighted by atomic mass is 10.2. The van der Waals surface area contributed by atoms with E-state index in [2.05, 4.69) is 0 Å². The molecule has 0 saturated carbocycles. The summed E-state index contributed by atoms with van der Waals surface area (Å²) in [6, 6.07) is 15.1. The van der Waals surface area contributed by atoms with Crippen LogP contribution in [0, 0.1) is 0 Å². The molecule has 142 valence electrons. The summed E-state index contributed by atoms with van der Waals surface area (Å²) < 4.78 is 30.9. The first kappa shape index (κ1) is 20.5. The van der Waals surface area contributed by atoms with E-state index in [1.165, 1.54) is 38.2 Å². The minimum absolute atomic E-state index is 0.00627. The summed E-state index contributed by atoms with van der Waals surface area (Å²) in [5, 5.41) is 0. The van der Waals surface area contributed by atoms with Gasteiger partial charge in [-0.15, -0.1) is 0 Å². The number of sulfonamides is 1. The summed E-state index contributed by atoms with van der Waals surface area (Å²) in [7, 11) is -2.55. The van der Waals surface area contributed by atoms with Gasteiger partial charge in [-0.05, 0) is 30.7 Å². The van der Waals surface area contributed by atoms with E-state index in [0.29, 0.717) is 5.56 Å². The SMILES string of the molecule is CC(=O)c1ccc(S(=O)(=O)N(C)CC(=O)OC/C=C/c2ccccc2)cc1. The standard InChI is InChI=1S/C20H21NO5S/c1-16(22)18-10-12-19(13-11-18)27(24,25)21(2)15-20(23)26-14-6-9-17-7-4-3-5-8-17/h3-13H,14-15H2,1-2H3/b9-6+. The molecule has 0 bridgehead atoms. The second kappa shape index (κ2) is 9.25. The van der Waals surface area contributed by atoms with Crippen molar-refractivity contribution in [1.82, 2.24) is 4.31 Å². The van der Waals surface area contributed by atoms with Crippen LogP contribution in [0.15, 0.2) is 65.6 Å². The van der Waals surface area contributed by atoms with E-state index in [9.17, 15) is 18.0 Å². The van der Waals surface area contributed by atoms with Gasteiger partial charge in [0.05, 0.1) is 4.90 Å². The van der Waals surface area contributed by atoms with E-state index in [4.69, 9.17) is 4.74 Å². The third-order valence-corrected chi connectivity index (χ3v) is 5.59. The van der Waals surface area contributed by atoms with E-state index < -0.39 is 22.5 Å². The van der Waals surface area contributed by atoms with Crippen LogP contribution in [0.25, 0.3) is 6.08 Å². The zero-order valence-corrected chi connectivity index (χ0v) is 16.0. The number of carbonyl (C=O) groups is 2. The lowest BCUT2D eigenvalue weighted by molar-refractivity contribution is -0.142. The highest BCUT2D eigenvalue weighted by Crippen LogP contribution is 2.15. The van der Waals surface area contributed by atoms with Gasteiger partial charge in [0.1, 0.15) is 13.2 Å². The number of hydrogen-bond donors (Lipinski definition) is 0. The molecule has 2 aromatic carbocycles. The van der Waals surface area contributed by atoms with Gasteiger partial charge in [0.25, 0.3) is 0 Å². The molecule has 0 heterocycles. The molecule has 0 aromatic heterocycles. The molecule has 0 fully saturated rings. The number of esters is 1. The summed E-state index contributed by atoms with van der Waals surface area (Å²) in [5.74, 6) is -0.807. The van der Waals surface area contributed by atoms with Gasteiger partial charge in [-0.2, -0.15) is 4.31 Å². The van der Waals surface area contributed by atoms with Crippen molar-refractivity contribution < 1.29 is 22.7 Å². The summed E-state index contributed by atoms with van der Waals surface area (Å²) in [4.78, 5) is 23.2. The fraction of sp³-hybridized carbons (Fsp3) is 0.200. The predicted octanol–water partition coefficient (Wildman–Crippen LogP) is 2.77. The van der Waals surface area contributed by atoms with E-state index >= 15 is 0 Å². The van der Waals surface area contributed by atoms with Crippen LogP contribution >= 0.6 is 0 Å². The number of rotatable bonds is 8. The van der Waals surface area contributed by atoms with E-state index in [-0.39, 0.29) is 17.3 Å². The van der Waals surface area contributed by atoms with Gasteiger partial charge in [-0.1, -0.05) is 48.5 Å². The van der Waals surface area contributed by atoms with E-state index in [1.807, 2.05) is 36.4 Å². The maximum atomic E-state index is 12.5. The highest BCUT2D eigenvalue weighted by Gasteiger charge is 2.23. The van der Waals surface area contributed by atoms with Gasteiger partial charge in [0.2, 0.25) is 10.0 Å². The number of Topliss-reactive ketones (excluding diaryl/α,β-unsaturated/α-hetero) is 1. The summed E-state index contributed by atoms with van der Waals surface area (Å²) in [5.41, 5.74) is 1.39. The van der Waals surface area contributed by atoms with Crippen molar-refractivity contribution in [3.63, 3.8) is 0 Å². The highest BCUT2D eigenvalue weighted by molar-refractivity contribution is 7.89. The summed E-state index contributed by atoms with van der Waals surface area (Å²) >= 11 is 0. The van der Waals surface area contributed by atoms with Crippen molar-refractivity contribution in [2.45, 2.75) is 11.8 Å². The average Bonchev–Trinajstić information content (AvgIpc) is 2.66. The monoisotopic (exact) mass is 387 g/mol. The molecule has 0 saturated heterocycles. The number of likely N-dealkylation sites (N-methyl/N-ethyl adjacent to an activating group) is 1. The van der Waals surface area contributed by atoms with Gasteiger partial charge in [-0.3, -0.25) is 9.59 Å². The third-order valence-electron chi connectivity index (χ3n) is 3.77. The molecule has 6 nitrogen and oxygen atoms in total. The molecule has 0 spiro atoms. The lowest BCUT2D eigenvalue weighted by Gasteiger charge is -2.16. The molecule has 0 amide bonds. The van der Waals surface area contributed by atoms with Crippen LogP contribution in [0.1, 0.15) is 22.8 Å². The predicted molar refractivity (Wildman–Crippen MR) is 103 cm³/mol. The van der Waals surface area contributed by atoms with Crippen LogP contribution in [0.4, 0.5) is 0 Å². The maximum Gasteiger partial charge on any atom is 0.321 e. The number of carbonyl (C=O) groups excluding carboxylic acids is 2. The van der Waals surface area contributed by atoms with Gasteiger partial charge in [-0.25, -0.2) is 8.42 Å². The minimum Gasteiger partial charge on any atom is -0.460 e. The summed E-state index contributed by atoms with van der Waals surface area (Å²) in [6.07, 6.45) is 3.49. The Morgan fingerprint density at radius 3 is 2.26 bits per heavy atom. The quantitative estimate of drug-likeness (QED) is 0.514. The number of benzene rings is 2. The second-order valence-electron chi connectivity index (χ2n) is 5.84. The normalized spacial score (nSPS) is 11.7. The number of nitrogens with zero attached hydrogens (tertiary/aromatic N) is 1. The maximum absolute atomic E-state index is 12.5. The second-order valence-corrected chi connectivity index (χ2v) is 7.88. The number of ether oxygens (including phenoxy) is 1. The van der Waals surface area contributed by atoms with Gasteiger partial charge in [0.15, 0.2) is 5.78 Å². The smallest absolute Gasteiger partial charge is 0.321 e. The Hall–Kier alpha value is -2.77. The largest absolute Gasteiger partial charge is 0.460 e. The van der Waals surface area contributed by atoms with Gasteiger partial charge >= 0.3 is 5.97 Å². The topological polar surface area (TPSA) is 80.8 Å². The molecule has 0 aliphatic rings. The Labute approximate surface area is 159 Å². The molecule has 2 aromatic rings. The molecule has 0 atom stereocenters. The molecule has 0 aliphatic heterocycles. The molecule has 0 unspecified atom stereocenters. The zero-order chi connectivity index (χ0) is 19.9. The fourth-order valence-corrected chi connectivity index (χ4v) is 3.36. The molecule has 2 rings (SSSR count). The van der Waals surface area contributed by atoms with Crippen molar-refractivity contribution in [3.8, 4) is 0 Å². The number of ketones is 1. The molecule has 7 heteroatoms. The number of hydrogen-bond acceptors (Lipinski definition) is 5. The molecular formula is C20H21NO5S. The zero-order valence-electron chi connectivity index (χ0n) is 15.2. The van der Waals surface area contributed by atoms with E-state index in [0.717, 1.165) is 9.87 Å². The Bertz CT molecular complexity index is 919. The van der Waals surface area contributed by atoms with Gasteiger partial charge in [0, 0.05) is 12.6 Å². The first-order valence-corrected chi connectivity index (χ1v) is 9.69. The van der Waals surface area contributed by atoms with Crippen LogP contribution in [-0.4, -0.2) is 44.7 Å². The average molecular weight is 387 g/mol. The van der Waals surface area contributed by atoms with Crippen LogP contribution in [0.5, 0.6) is 0 Å². The van der Waals surface area contributed by atoms with Crippen molar-refractivity contribution in [2.75, 3.05) is 20.2 Å². The Kier molecular flexibility index (Phi) is 7.04. The molecule has 0 N–H and O–H groups in total. The Morgan fingerprint density at radius 1 is 1.04 bits per heavy atom. The minimum atomic E-state index is -3.85. The lowest BCUT2D eigenvalue weighted by Crippen LogP contribution is -2.33. The van der Waals surface area contributed by atoms with Crippen molar-refractivity contribution >= 4 is 27.9 Å². The van der Waals surface area contributed by atoms with Crippen LogP contribution in [-0.2, 0) is 19.6 Å². The highest BCUT2D eigenvalue weighted by atomic mass is 32.2. The van der Waals surface area contributed by atoms with Crippen LogP contribution < -0.4 is 0 Å². The first-order chi connectivity index (χ1) is 12.8. The molecule has 0 radical (unpaired) electrons. The Balaban J connectivity index is 1.90. The Morgan fingerprint density at radius 2 is 1.67 bits per heavy atom. The van der Waals surface area contributed by atoms with Crippen molar-refractivity contribution in [2.24, 2.45) is 0 Å².